The standard InChI is InChI=1S/C33H58O3Si/c1-23(13-11-19-32(6,7)35)28-17-18-29-25(14-12-20-33(28,29)8)15-16-26-21-27(34)22-30(24(26)2)36-37(9,10)31(3,4)5/h15-16,23,27-30,34-35H,2,11-14,17-22H2,1,3-10H3/b25-15?,26-16-/t23-,27-,28-,29+,30+,33-/m1/s1. The highest BCUT2D eigenvalue weighted by atomic mass is 28.4. The molecule has 0 spiro atoms. The van der Waals surface area contributed by atoms with Gasteiger partial charge in [0.15, 0.2) is 8.32 Å². The van der Waals surface area contributed by atoms with Crippen LogP contribution in [0.3, 0.4) is 0 Å². The van der Waals surface area contributed by atoms with Crippen molar-refractivity contribution in [1.82, 2.24) is 0 Å². The van der Waals surface area contributed by atoms with E-state index in [4.69, 9.17) is 4.43 Å². The Morgan fingerprint density at radius 1 is 1.16 bits per heavy atom. The zero-order chi connectivity index (χ0) is 27.8. The van der Waals surface area contributed by atoms with Gasteiger partial charge in [0.05, 0.1) is 17.8 Å². The fraction of sp³-hybridized carbons (Fsp3) is 0.818. The average Bonchev–Trinajstić information content (AvgIpc) is 3.10. The van der Waals surface area contributed by atoms with Gasteiger partial charge in [0.2, 0.25) is 0 Å². The van der Waals surface area contributed by atoms with E-state index < -0.39 is 13.9 Å². The summed E-state index contributed by atoms with van der Waals surface area (Å²) in [5.41, 5.74) is 3.70. The Labute approximate surface area is 230 Å². The van der Waals surface area contributed by atoms with Crippen LogP contribution in [0.25, 0.3) is 0 Å². The molecule has 0 aliphatic heterocycles. The Morgan fingerprint density at radius 2 is 1.84 bits per heavy atom. The zero-order valence-corrected chi connectivity index (χ0v) is 26.6. The fourth-order valence-corrected chi connectivity index (χ4v) is 8.67. The monoisotopic (exact) mass is 530 g/mol. The van der Waals surface area contributed by atoms with Crippen LogP contribution in [0.15, 0.2) is 35.5 Å². The number of rotatable bonds is 8. The normalized spacial score (nSPS) is 34.7. The predicted octanol–water partition coefficient (Wildman–Crippen LogP) is 8.73. The molecule has 3 rings (SSSR count). The van der Waals surface area contributed by atoms with Crippen LogP contribution < -0.4 is 0 Å². The zero-order valence-electron chi connectivity index (χ0n) is 25.6. The Morgan fingerprint density at radius 3 is 2.46 bits per heavy atom. The molecule has 3 nitrogen and oxygen atoms in total. The number of aliphatic hydroxyl groups excluding tert-OH is 1. The minimum atomic E-state index is -1.94. The first-order valence-electron chi connectivity index (χ1n) is 15.1. The summed E-state index contributed by atoms with van der Waals surface area (Å²) in [6.45, 7) is 24.7. The largest absolute Gasteiger partial charge is 0.410 e. The molecule has 6 atom stereocenters. The molecule has 0 aromatic carbocycles. The first-order valence-corrected chi connectivity index (χ1v) is 18.0. The molecule has 0 aromatic heterocycles. The maximum atomic E-state index is 10.7. The van der Waals surface area contributed by atoms with Crippen molar-refractivity contribution in [3.8, 4) is 0 Å². The van der Waals surface area contributed by atoms with Crippen LogP contribution in [0.2, 0.25) is 18.1 Å². The lowest BCUT2D eigenvalue weighted by Crippen LogP contribution is -2.46. The molecule has 0 radical (unpaired) electrons. The molecule has 3 aliphatic rings. The first kappa shape index (κ1) is 30.9. The van der Waals surface area contributed by atoms with Gasteiger partial charge in [-0.05, 0) is 111 Å². The van der Waals surface area contributed by atoms with Gasteiger partial charge in [-0.1, -0.05) is 71.8 Å². The van der Waals surface area contributed by atoms with Gasteiger partial charge in [-0.3, -0.25) is 0 Å². The summed E-state index contributed by atoms with van der Waals surface area (Å²) in [5.74, 6) is 2.14. The fourth-order valence-electron chi connectivity index (χ4n) is 7.37. The summed E-state index contributed by atoms with van der Waals surface area (Å²) >= 11 is 0. The van der Waals surface area contributed by atoms with Gasteiger partial charge in [-0.25, -0.2) is 0 Å². The van der Waals surface area contributed by atoms with Crippen LogP contribution in [0.4, 0.5) is 0 Å². The Bertz CT molecular complexity index is 871. The van der Waals surface area contributed by atoms with E-state index in [0.29, 0.717) is 30.1 Å². The summed E-state index contributed by atoms with van der Waals surface area (Å²) in [7, 11) is -1.94. The summed E-state index contributed by atoms with van der Waals surface area (Å²) in [4.78, 5) is 0. The van der Waals surface area contributed by atoms with Crippen molar-refractivity contribution in [1.29, 1.82) is 0 Å². The molecule has 0 saturated heterocycles. The predicted molar refractivity (Wildman–Crippen MR) is 160 cm³/mol. The Kier molecular flexibility index (Phi) is 9.53. The van der Waals surface area contributed by atoms with Crippen LogP contribution in [-0.4, -0.2) is 36.3 Å². The number of aliphatic hydroxyl groups is 2. The molecule has 212 valence electrons. The van der Waals surface area contributed by atoms with Crippen LogP contribution in [-0.2, 0) is 4.43 Å². The second kappa shape index (κ2) is 11.4. The minimum Gasteiger partial charge on any atom is -0.410 e. The lowest BCUT2D eigenvalue weighted by molar-refractivity contribution is 0.0596. The first-order chi connectivity index (χ1) is 16.9. The van der Waals surface area contributed by atoms with Gasteiger partial charge >= 0.3 is 0 Å². The molecule has 4 heteroatoms. The van der Waals surface area contributed by atoms with Crippen molar-refractivity contribution in [3.63, 3.8) is 0 Å². The smallest absolute Gasteiger partial charge is 0.192 e. The SMILES string of the molecule is C=C1/C(=C\C=C2CCC[C@]3(C)[C@@H]([C@H](C)CCCC(C)(C)O)CC[C@@H]23)C[C@@H](O)C[C@@H]1O[Si](C)(C)C(C)(C)C. The third kappa shape index (κ3) is 7.29. The summed E-state index contributed by atoms with van der Waals surface area (Å²) in [6.07, 6.45) is 15.2. The van der Waals surface area contributed by atoms with E-state index in [-0.39, 0.29) is 17.2 Å². The maximum Gasteiger partial charge on any atom is 0.192 e. The van der Waals surface area contributed by atoms with Crippen molar-refractivity contribution < 1.29 is 14.6 Å². The van der Waals surface area contributed by atoms with Gasteiger partial charge in [-0.15, -0.1) is 0 Å². The third-order valence-electron chi connectivity index (χ3n) is 10.7. The highest BCUT2D eigenvalue weighted by Gasteiger charge is 2.50. The molecule has 3 fully saturated rings. The van der Waals surface area contributed by atoms with E-state index in [0.717, 1.165) is 24.3 Å². The molecule has 3 saturated carbocycles. The van der Waals surface area contributed by atoms with Gasteiger partial charge in [0.25, 0.3) is 0 Å². The highest BCUT2D eigenvalue weighted by Crippen LogP contribution is 2.60. The number of allylic oxidation sites excluding steroid dienone is 3. The van der Waals surface area contributed by atoms with E-state index in [2.05, 4.69) is 66.4 Å². The lowest BCUT2D eigenvalue weighted by atomic mass is 9.60. The second-order valence-corrected chi connectivity index (χ2v) is 20.0. The summed E-state index contributed by atoms with van der Waals surface area (Å²) in [6, 6.07) is 0. The number of fused-ring (bicyclic) bond motifs is 1. The maximum absolute atomic E-state index is 10.7. The van der Waals surface area contributed by atoms with Crippen molar-refractivity contribution in [3.05, 3.63) is 35.5 Å². The van der Waals surface area contributed by atoms with Crippen molar-refractivity contribution in [2.45, 2.75) is 149 Å². The van der Waals surface area contributed by atoms with Crippen LogP contribution in [0.5, 0.6) is 0 Å². The topological polar surface area (TPSA) is 49.7 Å². The third-order valence-corrected chi connectivity index (χ3v) is 15.1. The molecule has 0 unspecified atom stereocenters. The van der Waals surface area contributed by atoms with Gasteiger partial charge in [0.1, 0.15) is 0 Å². The molecule has 3 aliphatic carbocycles. The molecule has 37 heavy (non-hydrogen) atoms. The van der Waals surface area contributed by atoms with E-state index in [1.165, 1.54) is 44.1 Å². The Hall–Kier alpha value is -0.683. The van der Waals surface area contributed by atoms with Gasteiger partial charge in [0, 0.05) is 6.42 Å². The van der Waals surface area contributed by atoms with Gasteiger partial charge < -0.3 is 14.6 Å². The molecular formula is C33H58O3Si. The van der Waals surface area contributed by atoms with E-state index in [9.17, 15) is 10.2 Å². The minimum absolute atomic E-state index is 0.0773. The van der Waals surface area contributed by atoms with Crippen molar-refractivity contribution in [2.24, 2.45) is 23.2 Å². The molecule has 0 aromatic rings. The van der Waals surface area contributed by atoms with Gasteiger partial charge in [-0.2, -0.15) is 0 Å². The summed E-state index contributed by atoms with van der Waals surface area (Å²) < 4.78 is 6.73. The number of hydrogen-bond donors (Lipinski definition) is 2. The highest BCUT2D eigenvalue weighted by molar-refractivity contribution is 6.74. The average molecular weight is 531 g/mol. The lowest BCUT2D eigenvalue weighted by Gasteiger charge is -2.44. The van der Waals surface area contributed by atoms with Crippen LogP contribution in [0.1, 0.15) is 113 Å². The molecule has 2 N–H and O–H groups in total. The molecular weight excluding hydrogens is 472 g/mol. The molecule has 0 amide bonds. The van der Waals surface area contributed by atoms with Crippen LogP contribution >= 0.6 is 0 Å². The van der Waals surface area contributed by atoms with E-state index in [1.54, 1.807) is 5.57 Å². The quantitative estimate of drug-likeness (QED) is 0.308. The Balaban J connectivity index is 1.73. The molecule has 0 heterocycles. The summed E-state index contributed by atoms with van der Waals surface area (Å²) in [5, 5.41) is 21.0. The van der Waals surface area contributed by atoms with E-state index in [1.807, 2.05) is 13.8 Å². The number of hydrogen-bond acceptors (Lipinski definition) is 3. The second-order valence-electron chi connectivity index (χ2n) is 15.2. The van der Waals surface area contributed by atoms with Crippen molar-refractivity contribution >= 4 is 8.32 Å². The molecule has 0 bridgehead atoms. The van der Waals surface area contributed by atoms with E-state index >= 15 is 0 Å². The van der Waals surface area contributed by atoms with Crippen LogP contribution in [0, 0.1) is 23.2 Å². The van der Waals surface area contributed by atoms with Crippen molar-refractivity contribution in [2.75, 3.05) is 0 Å².